The van der Waals surface area contributed by atoms with Crippen LogP contribution in [0.5, 0.6) is 5.75 Å². The predicted octanol–water partition coefficient (Wildman–Crippen LogP) is 2.52. The highest BCUT2D eigenvalue weighted by atomic mass is 35.5. The van der Waals surface area contributed by atoms with E-state index in [4.69, 9.17) is 22.1 Å². The van der Waals surface area contributed by atoms with Crippen LogP contribution in [0.15, 0.2) is 18.2 Å². The molecule has 1 heterocycles. The van der Waals surface area contributed by atoms with Crippen molar-refractivity contribution in [2.45, 2.75) is 25.4 Å². The fourth-order valence-corrected chi connectivity index (χ4v) is 3.86. The number of hydrogen-bond donors (Lipinski definition) is 1. The average Bonchev–Trinajstić information content (AvgIpc) is 2.94. The number of nitrogens with two attached hydrogens (primary N) is 1. The molecule has 1 aliphatic heterocycles. The zero-order valence-electron chi connectivity index (χ0n) is 11.3. The summed E-state index contributed by atoms with van der Waals surface area (Å²) in [5.74, 6) is 2.34. The molecule has 1 saturated carbocycles. The van der Waals surface area contributed by atoms with Crippen LogP contribution in [0.3, 0.4) is 0 Å². The highest BCUT2D eigenvalue weighted by Crippen LogP contribution is 2.38. The van der Waals surface area contributed by atoms with Gasteiger partial charge in [0.1, 0.15) is 5.75 Å². The van der Waals surface area contributed by atoms with Crippen molar-refractivity contribution >= 4 is 11.6 Å². The molecule has 0 spiro atoms. The monoisotopic (exact) mass is 280 g/mol. The Balaban J connectivity index is 1.73. The molecule has 104 valence electrons. The molecular weight excluding hydrogens is 260 g/mol. The average molecular weight is 281 g/mol. The van der Waals surface area contributed by atoms with Crippen LogP contribution in [-0.2, 0) is 6.54 Å². The van der Waals surface area contributed by atoms with Gasteiger partial charge in [-0.3, -0.25) is 4.90 Å². The van der Waals surface area contributed by atoms with Crippen LogP contribution in [0.2, 0.25) is 5.02 Å². The second-order valence-corrected chi connectivity index (χ2v) is 6.19. The van der Waals surface area contributed by atoms with Gasteiger partial charge in [-0.2, -0.15) is 0 Å². The van der Waals surface area contributed by atoms with Crippen LogP contribution in [0.1, 0.15) is 18.4 Å². The second-order valence-electron chi connectivity index (χ2n) is 5.78. The molecular formula is C15H21ClN2O. The van der Waals surface area contributed by atoms with Gasteiger partial charge in [-0.05, 0) is 36.8 Å². The number of hydrogen-bond acceptors (Lipinski definition) is 3. The van der Waals surface area contributed by atoms with Crippen molar-refractivity contribution in [3.63, 3.8) is 0 Å². The summed E-state index contributed by atoms with van der Waals surface area (Å²) in [6.07, 6.45) is 2.47. The van der Waals surface area contributed by atoms with E-state index in [2.05, 4.69) is 4.90 Å². The van der Waals surface area contributed by atoms with E-state index in [1.807, 2.05) is 18.2 Å². The van der Waals surface area contributed by atoms with E-state index >= 15 is 0 Å². The zero-order chi connectivity index (χ0) is 13.4. The van der Waals surface area contributed by atoms with Crippen molar-refractivity contribution in [3.05, 3.63) is 28.8 Å². The van der Waals surface area contributed by atoms with Crippen molar-refractivity contribution in [2.75, 3.05) is 20.2 Å². The maximum Gasteiger partial charge on any atom is 0.124 e. The van der Waals surface area contributed by atoms with Crippen LogP contribution in [0, 0.1) is 11.8 Å². The Bertz CT molecular complexity index is 465. The van der Waals surface area contributed by atoms with Gasteiger partial charge in [0.2, 0.25) is 0 Å². The van der Waals surface area contributed by atoms with Crippen LogP contribution in [-0.4, -0.2) is 31.1 Å². The smallest absolute Gasteiger partial charge is 0.124 e. The minimum Gasteiger partial charge on any atom is -0.496 e. The summed E-state index contributed by atoms with van der Waals surface area (Å²) in [5.41, 5.74) is 7.28. The molecule has 3 nitrogen and oxygen atoms in total. The third kappa shape index (κ3) is 2.47. The number of ether oxygens (including phenoxy) is 1. The number of fused-ring (bicyclic) bond motifs is 1. The second kappa shape index (κ2) is 5.31. The molecule has 1 aliphatic carbocycles. The molecule has 0 amide bonds. The summed E-state index contributed by atoms with van der Waals surface area (Å²) < 4.78 is 5.42. The maximum absolute atomic E-state index is 6.30. The van der Waals surface area contributed by atoms with Gasteiger partial charge >= 0.3 is 0 Å². The van der Waals surface area contributed by atoms with E-state index < -0.39 is 0 Å². The molecule has 1 saturated heterocycles. The van der Waals surface area contributed by atoms with Crippen LogP contribution in [0.4, 0.5) is 0 Å². The largest absolute Gasteiger partial charge is 0.496 e. The molecule has 2 N–H and O–H groups in total. The normalized spacial score (nSPS) is 30.6. The lowest BCUT2D eigenvalue weighted by Crippen LogP contribution is -2.30. The van der Waals surface area contributed by atoms with Gasteiger partial charge < -0.3 is 10.5 Å². The third-order valence-corrected chi connectivity index (χ3v) is 5.02. The molecule has 2 fully saturated rings. The van der Waals surface area contributed by atoms with Crippen LogP contribution in [0.25, 0.3) is 0 Å². The summed E-state index contributed by atoms with van der Waals surface area (Å²) in [6, 6.07) is 6.23. The van der Waals surface area contributed by atoms with Gasteiger partial charge in [0.25, 0.3) is 0 Å². The Morgan fingerprint density at radius 3 is 2.95 bits per heavy atom. The van der Waals surface area contributed by atoms with E-state index in [0.717, 1.165) is 41.9 Å². The number of methoxy groups -OCH3 is 1. The molecule has 1 aromatic carbocycles. The minimum absolute atomic E-state index is 0.392. The van der Waals surface area contributed by atoms with Gasteiger partial charge in [0, 0.05) is 36.3 Å². The molecule has 19 heavy (non-hydrogen) atoms. The first-order valence-corrected chi connectivity index (χ1v) is 7.36. The summed E-state index contributed by atoms with van der Waals surface area (Å²) in [6.45, 7) is 3.11. The van der Waals surface area contributed by atoms with Crippen molar-refractivity contribution in [1.29, 1.82) is 0 Å². The first-order chi connectivity index (χ1) is 9.19. The fourth-order valence-electron chi connectivity index (χ4n) is 3.64. The Kier molecular flexibility index (Phi) is 3.70. The number of rotatable bonds is 3. The fraction of sp³-hybridized carbons (Fsp3) is 0.600. The summed E-state index contributed by atoms with van der Waals surface area (Å²) >= 11 is 6.30. The molecule has 2 aliphatic rings. The van der Waals surface area contributed by atoms with E-state index in [1.165, 1.54) is 12.8 Å². The lowest BCUT2D eigenvalue weighted by atomic mass is 9.98. The zero-order valence-corrected chi connectivity index (χ0v) is 12.1. The maximum atomic E-state index is 6.30. The topological polar surface area (TPSA) is 38.5 Å². The third-order valence-electron chi connectivity index (χ3n) is 4.67. The Labute approximate surface area is 119 Å². The van der Waals surface area contributed by atoms with Gasteiger partial charge in [0.15, 0.2) is 0 Å². The number of halogens is 1. The molecule has 3 atom stereocenters. The van der Waals surface area contributed by atoms with Crippen molar-refractivity contribution in [1.82, 2.24) is 4.90 Å². The Morgan fingerprint density at radius 1 is 1.37 bits per heavy atom. The van der Waals surface area contributed by atoms with Crippen molar-refractivity contribution in [2.24, 2.45) is 17.6 Å². The van der Waals surface area contributed by atoms with E-state index in [0.29, 0.717) is 12.0 Å². The molecule has 0 aromatic heterocycles. The first-order valence-electron chi connectivity index (χ1n) is 6.98. The lowest BCUT2D eigenvalue weighted by Gasteiger charge is -2.20. The first kappa shape index (κ1) is 13.2. The highest BCUT2D eigenvalue weighted by Gasteiger charge is 2.40. The van der Waals surface area contributed by atoms with Gasteiger partial charge in [-0.15, -0.1) is 0 Å². The molecule has 3 rings (SSSR count). The van der Waals surface area contributed by atoms with Gasteiger partial charge in [0.05, 0.1) is 7.11 Å². The summed E-state index contributed by atoms with van der Waals surface area (Å²) in [5, 5.41) is 0.792. The quantitative estimate of drug-likeness (QED) is 0.925. The molecule has 0 bridgehead atoms. The lowest BCUT2D eigenvalue weighted by molar-refractivity contribution is 0.292. The number of nitrogens with zero attached hydrogens (tertiary/aromatic N) is 1. The molecule has 1 aromatic rings. The van der Waals surface area contributed by atoms with Crippen LogP contribution >= 0.6 is 11.6 Å². The minimum atomic E-state index is 0.392. The Morgan fingerprint density at radius 2 is 2.21 bits per heavy atom. The Hall–Kier alpha value is -0.770. The molecule has 3 unspecified atom stereocenters. The number of likely N-dealkylation sites (tertiary alicyclic amines) is 1. The number of benzene rings is 1. The van der Waals surface area contributed by atoms with E-state index in [1.54, 1.807) is 7.11 Å². The van der Waals surface area contributed by atoms with Gasteiger partial charge in [-0.25, -0.2) is 0 Å². The predicted molar refractivity (Wildman–Crippen MR) is 77.5 cm³/mol. The van der Waals surface area contributed by atoms with Gasteiger partial charge in [-0.1, -0.05) is 17.7 Å². The van der Waals surface area contributed by atoms with Crippen molar-refractivity contribution < 1.29 is 4.74 Å². The molecule has 0 radical (unpaired) electrons. The van der Waals surface area contributed by atoms with E-state index in [-0.39, 0.29) is 0 Å². The summed E-state index contributed by atoms with van der Waals surface area (Å²) in [4.78, 5) is 2.47. The molecule has 4 heteroatoms. The summed E-state index contributed by atoms with van der Waals surface area (Å²) in [7, 11) is 1.70. The standard InChI is InChI=1S/C15H21ClN2O/c1-19-15-4-2-3-13(16)12(15)9-18-7-10-5-6-14(17)11(10)8-18/h2-4,10-11,14H,5-9,17H2,1H3. The van der Waals surface area contributed by atoms with E-state index in [9.17, 15) is 0 Å². The highest BCUT2D eigenvalue weighted by molar-refractivity contribution is 6.31. The SMILES string of the molecule is COc1cccc(Cl)c1CN1CC2CCC(N)C2C1. The van der Waals surface area contributed by atoms with Crippen molar-refractivity contribution in [3.8, 4) is 5.75 Å². The van der Waals surface area contributed by atoms with Crippen LogP contribution < -0.4 is 10.5 Å².